The highest BCUT2D eigenvalue weighted by Gasteiger charge is 2.20. The third-order valence-electron chi connectivity index (χ3n) is 2.88. The molecule has 1 aromatic heterocycles. The second-order valence-corrected chi connectivity index (χ2v) is 6.12. The van der Waals surface area contributed by atoms with E-state index in [0.29, 0.717) is 0 Å². The minimum atomic E-state index is 0.0200. The number of thiazole rings is 1. The summed E-state index contributed by atoms with van der Waals surface area (Å²) in [4.78, 5) is 4.32. The van der Waals surface area contributed by atoms with Gasteiger partial charge in [-0.25, -0.2) is 4.98 Å². The SMILES string of the molecule is COc1ccc(-c2ncsc2N)cc1C(C)(C)C. The molecule has 0 atom stereocenters. The molecule has 3 nitrogen and oxygen atoms in total. The van der Waals surface area contributed by atoms with Crippen LogP contribution in [0.5, 0.6) is 5.75 Å². The molecule has 96 valence electrons. The van der Waals surface area contributed by atoms with Gasteiger partial charge in [0.05, 0.1) is 12.6 Å². The molecule has 0 bridgehead atoms. The van der Waals surface area contributed by atoms with Gasteiger partial charge >= 0.3 is 0 Å². The normalized spacial score (nSPS) is 11.6. The van der Waals surface area contributed by atoms with Crippen LogP contribution in [0.15, 0.2) is 23.7 Å². The van der Waals surface area contributed by atoms with Crippen LogP contribution in [0.1, 0.15) is 26.3 Å². The molecule has 4 heteroatoms. The molecule has 1 heterocycles. The van der Waals surface area contributed by atoms with Gasteiger partial charge in [-0.3, -0.25) is 0 Å². The molecule has 0 radical (unpaired) electrons. The molecule has 0 fully saturated rings. The van der Waals surface area contributed by atoms with E-state index in [-0.39, 0.29) is 5.41 Å². The smallest absolute Gasteiger partial charge is 0.122 e. The summed E-state index contributed by atoms with van der Waals surface area (Å²) in [6, 6.07) is 6.10. The van der Waals surface area contributed by atoms with Gasteiger partial charge in [-0.1, -0.05) is 20.8 Å². The molecule has 18 heavy (non-hydrogen) atoms. The Hall–Kier alpha value is -1.55. The Morgan fingerprint density at radius 2 is 2.00 bits per heavy atom. The first-order chi connectivity index (χ1) is 8.43. The van der Waals surface area contributed by atoms with Crippen LogP contribution < -0.4 is 10.5 Å². The van der Waals surface area contributed by atoms with Crippen molar-refractivity contribution in [3.63, 3.8) is 0 Å². The Morgan fingerprint density at radius 3 is 2.50 bits per heavy atom. The van der Waals surface area contributed by atoms with Gasteiger partial charge in [0.2, 0.25) is 0 Å². The number of methoxy groups -OCH3 is 1. The van der Waals surface area contributed by atoms with Gasteiger partial charge in [-0.05, 0) is 23.6 Å². The van der Waals surface area contributed by atoms with E-state index in [2.05, 4.69) is 31.8 Å². The molecule has 2 N–H and O–H groups in total. The van der Waals surface area contributed by atoms with Crippen molar-refractivity contribution in [3.8, 4) is 17.0 Å². The lowest BCUT2D eigenvalue weighted by Gasteiger charge is -2.22. The van der Waals surface area contributed by atoms with Crippen LogP contribution in [0, 0.1) is 0 Å². The zero-order valence-electron chi connectivity index (χ0n) is 11.2. The summed E-state index contributed by atoms with van der Waals surface area (Å²) in [5, 5.41) is 0.750. The summed E-state index contributed by atoms with van der Waals surface area (Å²) in [6.45, 7) is 6.50. The molecular weight excluding hydrogens is 244 g/mol. The van der Waals surface area contributed by atoms with Crippen LogP contribution in [0.3, 0.4) is 0 Å². The fourth-order valence-electron chi connectivity index (χ4n) is 1.91. The molecule has 1 aromatic carbocycles. The van der Waals surface area contributed by atoms with Crippen molar-refractivity contribution >= 4 is 16.3 Å². The highest BCUT2D eigenvalue weighted by molar-refractivity contribution is 7.14. The van der Waals surface area contributed by atoms with E-state index in [1.54, 1.807) is 12.6 Å². The molecule has 0 amide bonds. The zero-order chi connectivity index (χ0) is 13.3. The number of anilines is 1. The van der Waals surface area contributed by atoms with Crippen molar-refractivity contribution in [1.82, 2.24) is 4.98 Å². The Morgan fingerprint density at radius 1 is 1.28 bits per heavy atom. The average Bonchev–Trinajstić information content (AvgIpc) is 2.73. The minimum absolute atomic E-state index is 0.0200. The lowest BCUT2D eigenvalue weighted by Crippen LogP contribution is -2.13. The summed E-state index contributed by atoms with van der Waals surface area (Å²) in [5.41, 5.74) is 10.8. The van der Waals surface area contributed by atoms with Crippen molar-refractivity contribution in [2.45, 2.75) is 26.2 Å². The van der Waals surface area contributed by atoms with Crippen LogP contribution in [0.4, 0.5) is 5.00 Å². The van der Waals surface area contributed by atoms with Crippen LogP contribution in [0.25, 0.3) is 11.3 Å². The van der Waals surface area contributed by atoms with Gasteiger partial charge in [-0.15, -0.1) is 11.3 Å². The van der Waals surface area contributed by atoms with E-state index in [1.165, 1.54) is 11.3 Å². The maximum Gasteiger partial charge on any atom is 0.122 e. The maximum atomic E-state index is 5.93. The highest BCUT2D eigenvalue weighted by Crippen LogP contribution is 2.36. The molecule has 2 aromatic rings. The Bertz CT molecular complexity index is 555. The summed E-state index contributed by atoms with van der Waals surface area (Å²) in [5.74, 6) is 0.903. The van der Waals surface area contributed by atoms with Gasteiger partial charge in [0.25, 0.3) is 0 Å². The first kappa shape index (κ1) is 12.9. The van der Waals surface area contributed by atoms with Gasteiger partial charge in [0, 0.05) is 11.1 Å². The maximum absolute atomic E-state index is 5.93. The molecule has 0 aliphatic heterocycles. The summed E-state index contributed by atoms with van der Waals surface area (Å²) < 4.78 is 5.43. The van der Waals surface area contributed by atoms with Crippen molar-refractivity contribution in [2.24, 2.45) is 0 Å². The van der Waals surface area contributed by atoms with Gasteiger partial charge in [-0.2, -0.15) is 0 Å². The van der Waals surface area contributed by atoms with Crippen molar-refractivity contribution in [2.75, 3.05) is 12.8 Å². The lowest BCUT2D eigenvalue weighted by atomic mass is 9.85. The molecule has 0 saturated carbocycles. The van der Waals surface area contributed by atoms with Crippen molar-refractivity contribution in [3.05, 3.63) is 29.3 Å². The fraction of sp³-hybridized carbons (Fsp3) is 0.357. The summed E-state index contributed by atoms with van der Waals surface area (Å²) in [6.07, 6.45) is 0. The zero-order valence-corrected chi connectivity index (χ0v) is 12.0. The van der Waals surface area contributed by atoms with Crippen LogP contribution >= 0.6 is 11.3 Å². The summed E-state index contributed by atoms with van der Waals surface area (Å²) in [7, 11) is 1.70. The first-order valence-electron chi connectivity index (χ1n) is 5.81. The molecule has 0 spiro atoms. The number of aromatic nitrogens is 1. The molecule has 0 saturated heterocycles. The fourth-order valence-corrected chi connectivity index (χ4v) is 2.47. The standard InChI is InChI=1S/C14H18N2OS/c1-14(2,3)10-7-9(5-6-11(10)17-4)12-13(15)18-8-16-12/h5-8H,15H2,1-4H3. The van der Waals surface area contributed by atoms with Crippen molar-refractivity contribution in [1.29, 1.82) is 0 Å². The molecule has 2 rings (SSSR count). The predicted molar refractivity (Wildman–Crippen MR) is 77.2 cm³/mol. The number of ether oxygens (including phenoxy) is 1. The van der Waals surface area contributed by atoms with Crippen LogP contribution in [-0.4, -0.2) is 12.1 Å². The van der Waals surface area contributed by atoms with Gasteiger partial charge < -0.3 is 10.5 Å². The van der Waals surface area contributed by atoms with Crippen molar-refractivity contribution < 1.29 is 4.74 Å². The van der Waals surface area contributed by atoms with E-state index >= 15 is 0 Å². The molecule has 0 unspecified atom stereocenters. The largest absolute Gasteiger partial charge is 0.496 e. The number of nitrogen functional groups attached to an aromatic ring is 1. The second-order valence-electron chi connectivity index (χ2n) is 5.23. The Balaban J connectivity index is 2.57. The molecule has 0 aliphatic carbocycles. The number of benzene rings is 1. The Kier molecular flexibility index (Phi) is 3.30. The average molecular weight is 262 g/mol. The quantitative estimate of drug-likeness (QED) is 0.897. The number of hydrogen-bond acceptors (Lipinski definition) is 4. The van der Waals surface area contributed by atoms with Crippen LogP contribution in [-0.2, 0) is 5.41 Å². The Labute approximate surface area is 112 Å². The summed E-state index contributed by atoms with van der Waals surface area (Å²) >= 11 is 1.46. The van der Waals surface area contributed by atoms with E-state index in [1.807, 2.05) is 12.1 Å². The lowest BCUT2D eigenvalue weighted by molar-refractivity contribution is 0.397. The number of hydrogen-bond donors (Lipinski definition) is 1. The third kappa shape index (κ3) is 2.34. The van der Waals surface area contributed by atoms with E-state index in [0.717, 1.165) is 27.6 Å². The van der Waals surface area contributed by atoms with E-state index in [9.17, 15) is 0 Å². The van der Waals surface area contributed by atoms with Gasteiger partial charge in [0.15, 0.2) is 0 Å². The number of nitrogens with zero attached hydrogens (tertiary/aromatic N) is 1. The first-order valence-corrected chi connectivity index (χ1v) is 6.69. The predicted octanol–water partition coefficient (Wildman–Crippen LogP) is 3.70. The van der Waals surface area contributed by atoms with E-state index in [4.69, 9.17) is 10.5 Å². The third-order valence-corrected chi connectivity index (χ3v) is 3.53. The number of nitrogens with two attached hydrogens (primary N) is 1. The molecule has 0 aliphatic rings. The van der Waals surface area contributed by atoms with E-state index < -0.39 is 0 Å². The molecular formula is C14H18N2OS. The van der Waals surface area contributed by atoms with Gasteiger partial charge in [0.1, 0.15) is 16.4 Å². The minimum Gasteiger partial charge on any atom is -0.496 e. The highest BCUT2D eigenvalue weighted by atomic mass is 32.1. The number of rotatable bonds is 2. The van der Waals surface area contributed by atoms with Crippen LogP contribution in [0.2, 0.25) is 0 Å². The monoisotopic (exact) mass is 262 g/mol. The second kappa shape index (κ2) is 4.61. The topological polar surface area (TPSA) is 48.1 Å².